The van der Waals surface area contributed by atoms with Gasteiger partial charge in [-0.3, -0.25) is 9.59 Å². The van der Waals surface area contributed by atoms with Gasteiger partial charge in [0, 0.05) is 22.2 Å². The Kier molecular flexibility index (Phi) is 7.56. The number of methoxy groups -OCH3 is 1. The van der Waals surface area contributed by atoms with E-state index in [1.54, 1.807) is 55.6 Å². The van der Waals surface area contributed by atoms with Gasteiger partial charge >= 0.3 is 0 Å². The Morgan fingerprint density at radius 3 is 2.47 bits per heavy atom. The molecule has 0 saturated heterocycles. The number of anilines is 2. The molecule has 34 heavy (non-hydrogen) atoms. The highest BCUT2D eigenvalue weighted by molar-refractivity contribution is 8.01. The molecule has 0 aliphatic carbocycles. The first-order chi connectivity index (χ1) is 16.5. The largest absolute Gasteiger partial charge is 0.495 e. The van der Waals surface area contributed by atoms with E-state index < -0.39 is 0 Å². The number of benzene rings is 3. The van der Waals surface area contributed by atoms with Gasteiger partial charge in [-0.2, -0.15) is 0 Å². The van der Waals surface area contributed by atoms with Crippen molar-refractivity contribution in [2.24, 2.45) is 0 Å². The first-order valence-corrected chi connectivity index (χ1v) is 12.1. The molecule has 0 spiro atoms. The summed E-state index contributed by atoms with van der Waals surface area (Å²) in [6.45, 7) is 0. The Labute approximate surface area is 204 Å². The van der Waals surface area contributed by atoms with Gasteiger partial charge in [-0.15, -0.1) is 11.3 Å². The van der Waals surface area contributed by atoms with E-state index in [1.165, 1.54) is 35.2 Å². The van der Waals surface area contributed by atoms with Crippen LogP contribution in [0.25, 0.3) is 11.3 Å². The molecule has 0 radical (unpaired) electrons. The summed E-state index contributed by atoms with van der Waals surface area (Å²) in [4.78, 5) is 29.3. The van der Waals surface area contributed by atoms with Crippen LogP contribution in [-0.2, 0) is 4.79 Å². The molecule has 0 atom stereocenters. The number of nitrogens with one attached hydrogen (secondary N) is 2. The third-order valence-corrected chi connectivity index (χ3v) is 6.76. The zero-order chi connectivity index (χ0) is 23.9. The van der Waals surface area contributed by atoms with Crippen molar-refractivity contribution in [1.82, 2.24) is 4.98 Å². The van der Waals surface area contributed by atoms with E-state index in [9.17, 15) is 14.0 Å². The molecule has 0 aliphatic rings. The average Bonchev–Trinajstić information content (AvgIpc) is 3.33. The molecular weight excluding hydrogens is 473 g/mol. The smallest absolute Gasteiger partial charge is 0.255 e. The molecule has 172 valence electrons. The fourth-order valence-corrected chi connectivity index (χ4v) is 4.68. The van der Waals surface area contributed by atoms with Crippen molar-refractivity contribution in [2.45, 2.75) is 4.34 Å². The van der Waals surface area contributed by atoms with Crippen LogP contribution in [0.4, 0.5) is 15.8 Å². The van der Waals surface area contributed by atoms with Gasteiger partial charge in [0.15, 0.2) is 4.34 Å². The number of carbonyl (C=O) groups excluding carboxylic acids is 2. The molecule has 0 aliphatic heterocycles. The lowest BCUT2D eigenvalue weighted by atomic mass is 10.2. The van der Waals surface area contributed by atoms with Crippen LogP contribution >= 0.6 is 23.1 Å². The highest BCUT2D eigenvalue weighted by atomic mass is 32.2. The van der Waals surface area contributed by atoms with E-state index in [0.717, 1.165) is 15.6 Å². The third kappa shape index (κ3) is 6.00. The van der Waals surface area contributed by atoms with Gasteiger partial charge in [0.05, 0.1) is 24.2 Å². The second-order valence-corrected chi connectivity index (χ2v) is 9.15. The number of carbonyl (C=O) groups is 2. The fraction of sp³-hybridized carbons (Fsp3) is 0.0800. The number of thiazole rings is 1. The van der Waals surface area contributed by atoms with E-state index in [4.69, 9.17) is 4.74 Å². The molecule has 1 aromatic heterocycles. The van der Waals surface area contributed by atoms with Crippen LogP contribution in [0.2, 0.25) is 0 Å². The van der Waals surface area contributed by atoms with Gasteiger partial charge in [0.2, 0.25) is 5.91 Å². The maximum absolute atomic E-state index is 13.1. The van der Waals surface area contributed by atoms with E-state index in [1.807, 2.05) is 17.5 Å². The second kappa shape index (κ2) is 11.0. The summed E-state index contributed by atoms with van der Waals surface area (Å²) in [5.41, 5.74) is 3.19. The van der Waals surface area contributed by atoms with Crippen LogP contribution < -0.4 is 15.4 Å². The molecule has 0 saturated carbocycles. The van der Waals surface area contributed by atoms with E-state index in [0.29, 0.717) is 22.7 Å². The molecule has 0 unspecified atom stereocenters. The Morgan fingerprint density at radius 2 is 1.74 bits per heavy atom. The Bertz CT molecular complexity index is 1290. The van der Waals surface area contributed by atoms with Gasteiger partial charge < -0.3 is 15.4 Å². The summed E-state index contributed by atoms with van der Waals surface area (Å²) in [7, 11) is 1.54. The van der Waals surface area contributed by atoms with E-state index in [-0.39, 0.29) is 23.4 Å². The highest BCUT2D eigenvalue weighted by Crippen LogP contribution is 2.28. The lowest BCUT2D eigenvalue weighted by molar-refractivity contribution is -0.113. The maximum atomic E-state index is 13.1. The van der Waals surface area contributed by atoms with Gasteiger partial charge in [-0.05, 0) is 60.7 Å². The number of aromatic nitrogens is 1. The van der Waals surface area contributed by atoms with Crippen molar-refractivity contribution >= 4 is 46.3 Å². The monoisotopic (exact) mass is 493 g/mol. The van der Waals surface area contributed by atoms with Crippen molar-refractivity contribution in [3.05, 3.63) is 89.6 Å². The highest BCUT2D eigenvalue weighted by Gasteiger charge is 2.11. The zero-order valence-corrected chi connectivity index (χ0v) is 19.7. The minimum atomic E-state index is -0.296. The Hall–Kier alpha value is -3.69. The molecule has 2 amide bonds. The molecule has 3 aromatic carbocycles. The van der Waals surface area contributed by atoms with Crippen molar-refractivity contribution in [2.75, 3.05) is 23.5 Å². The first-order valence-electron chi connectivity index (χ1n) is 10.2. The molecule has 0 bridgehead atoms. The predicted molar refractivity (Wildman–Crippen MR) is 134 cm³/mol. The molecule has 2 N–H and O–H groups in total. The van der Waals surface area contributed by atoms with Crippen LogP contribution in [0.15, 0.2) is 82.5 Å². The van der Waals surface area contributed by atoms with Gasteiger partial charge in [-0.25, -0.2) is 9.37 Å². The van der Waals surface area contributed by atoms with Crippen LogP contribution in [0, 0.1) is 5.82 Å². The first kappa shape index (κ1) is 23.5. The second-order valence-electron chi connectivity index (χ2n) is 7.07. The molecule has 9 heteroatoms. The molecule has 4 aromatic rings. The lowest BCUT2D eigenvalue weighted by Crippen LogP contribution is -2.15. The SMILES string of the molecule is COc1ccccc1NC(=O)c1ccc(NC(=O)CSc2nc(-c3ccc(F)cc3)cs2)cc1. The number of amides is 2. The van der Waals surface area contributed by atoms with Gasteiger partial charge in [0.25, 0.3) is 5.91 Å². The van der Waals surface area contributed by atoms with Crippen LogP contribution in [-0.4, -0.2) is 29.7 Å². The number of rotatable bonds is 8. The van der Waals surface area contributed by atoms with Crippen molar-refractivity contribution in [3.63, 3.8) is 0 Å². The van der Waals surface area contributed by atoms with E-state index in [2.05, 4.69) is 15.6 Å². The Morgan fingerprint density at radius 1 is 1.00 bits per heavy atom. The molecule has 0 fully saturated rings. The van der Waals surface area contributed by atoms with E-state index >= 15 is 0 Å². The topological polar surface area (TPSA) is 80.3 Å². The minimum Gasteiger partial charge on any atom is -0.495 e. The number of hydrogen-bond donors (Lipinski definition) is 2. The summed E-state index contributed by atoms with van der Waals surface area (Å²) in [6.07, 6.45) is 0. The summed E-state index contributed by atoms with van der Waals surface area (Å²) >= 11 is 2.75. The molecule has 1 heterocycles. The minimum absolute atomic E-state index is 0.185. The summed E-state index contributed by atoms with van der Waals surface area (Å²) in [6, 6.07) is 19.9. The zero-order valence-electron chi connectivity index (χ0n) is 18.1. The number of thioether (sulfide) groups is 1. The quantitative estimate of drug-likeness (QED) is 0.297. The third-order valence-electron chi connectivity index (χ3n) is 4.74. The normalized spacial score (nSPS) is 10.5. The lowest BCUT2D eigenvalue weighted by Gasteiger charge is -2.10. The Balaban J connectivity index is 1.29. The van der Waals surface area contributed by atoms with Crippen LogP contribution in [0.1, 0.15) is 10.4 Å². The molecule has 4 rings (SSSR count). The summed E-state index contributed by atoms with van der Waals surface area (Å²) < 4.78 is 19.1. The number of ether oxygens (including phenoxy) is 1. The maximum Gasteiger partial charge on any atom is 0.255 e. The van der Waals surface area contributed by atoms with Gasteiger partial charge in [-0.1, -0.05) is 23.9 Å². The van der Waals surface area contributed by atoms with Crippen LogP contribution in [0.5, 0.6) is 5.75 Å². The average molecular weight is 494 g/mol. The van der Waals surface area contributed by atoms with Crippen molar-refractivity contribution < 1.29 is 18.7 Å². The number of nitrogens with zero attached hydrogens (tertiary/aromatic N) is 1. The number of para-hydroxylation sites is 2. The van der Waals surface area contributed by atoms with Crippen LogP contribution in [0.3, 0.4) is 0 Å². The molecular formula is C25H20FN3O3S2. The van der Waals surface area contributed by atoms with Crippen molar-refractivity contribution in [1.29, 1.82) is 0 Å². The van der Waals surface area contributed by atoms with Crippen molar-refractivity contribution in [3.8, 4) is 17.0 Å². The summed E-state index contributed by atoms with van der Waals surface area (Å²) in [5.74, 6) is -0.00197. The predicted octanol–water partition coefficient (Wildman–Crippen LogP) is 5.94. The number of halogens is 1. The molecule has 6 nitrogen and oxygen atoms in total. The summed E-state index contributed by atoms with van der Waals surface area (Å²) in [5, 5.41) is 7.51. The van der Waals surface area contributed by atoms with Gasteiger partial charge in [0.1, 0.15) is 11.6 Å². The standard InChI is InChI=1S/C25H20FN3O3S2/c1-32-22-5-3-2-4-20(22)28-24(31)17-8-12-19(13-9-17)27-23(30)15-34-25-29-21(14-33-25)16-6-10-18(26)11-7-16/h2-14H,15H2,1H3,(H,27,30)(H,28,31). The number of hydrogen-bond acceptors (Lipinski definition) is 6. The fourth-order valence-electron chi connectivity index (χ4n) is 3.05.